The molecule has 4 N–H and O–H groups in total. The number of halogens is 1. The molecule has 0 saturated heterocycles. The van der Waals surface area contributed by atoms with Crippen LogP contribution in [0, 0.1) is 12.7 Å². The van der Waals surface area contributed by atoms with Crippen molar-refractivity contribution in [2.45, 2.75) is 19.9 Å². The predicted octanol–water partition coefficient (Wildman–Crippen LogP) is 2.88. The lowest BCUT2D eigenvalue weighted by Gasteiger charge is -2.11. The molecule has 1 atom stereocenters. The number of anilines is 1. The molecule has 0 bridgehead atoms. The second-order valence-corrected chi connectivity index (χ2v) is 5.53. The lowest BCUT2D eigenvalue weighted by molar-refractivity contribution is 0.191. The molecule has 2 aromatic heterocycles. The van der Waals surface area contributed by atoms with E-state index in [1.54, 1.807) is 20.0 Å². The number of rotatable bonds is 4. The number of carbonyl (C=O) groups is 1. The highest BCUT2D eigenvalue weighted by Gasteiger charge is 2.19. The maximum atomic E-state index is 14.0. The number of ether oxygens (including phenoxy) is 1. The number of aromatic nitrogens is 3. The summed E-state index contributed by atoms with van der Waals surface area (Å²) >= 11 is 0. The Morgan fingerprint density at radius 3 is 2.92 bits per heavy atom. The molecular weight excluding hydrogens is 329 g/mol. The second-order valence-electron chi connectivity index (χ2n) is 5.53. The van der Waals surface area contributed by atoms with Gasteiger partial charge in [-0.25, -0.2) is 13.7 Å². The lowest BCUT2D eigenvalue weighted by Crippen LogP contribution is -2.24. The molecule has 0 spiro atoms. The van der Waals surface area contributed by atoms with Crippen LogP contribution in [0.3, 0.4) is 0 Å². The van der Waals surface area contributed by atoms with Crippen LogP contribution in [-0.4, -0.2) is 25.8 Å². The number of carboxylic acid groups (broad SMARTS) is 1. The smallest absolute Gasteiger partial charge is 0.405 e. The van der Waals surface area contributed by atoms with Crippen LogP contribution >= 0.6 is 0 Å². The summed E-state index contributed by atoms with van der Waals surface area (Å²) in [6.07, 6.45) is 1.82. The fourth-order valence-electron chi connectivity index (χ4n) is 2.62. The molecular formula is C16H16FN5O3. The van der Waals surface area contributed by atoms with Gasteiger partial charge in [-0.05, 0) is 37.1 Å². The molecule has 25 heavy (non-hydrogen) atoms. The predicted molar refractivity (Wildman–Crippen MR) is 88.2 cm³/mol. The van der Waals surface area contributed by atoms with Crippen LogP contribution in [0.15, 0.2) is 30.7 Å². The molecule has 0 aliphatic heterocycles. The largest absolute Gasteiger partial charge is 0.465 e. The Morgan fingerprint density at radius 2 is 2.24 bits per heavy atom. The van der Waals surface area contributed by atoms with Crippen molar-refractivity contribution in [2.75, 3.05) is 5.73 Å². The number of fused-ring (bicyclic) bond motifs is 1. The number of nitrogen functional groups attached to an aromatic ring is 1. The number of aryl methyl sites for hydroxylation is 1. The van der Waals surface area contributed by atoms with Gasteiger partial charge >= 0.3 is 6.09 Å². The van der Waals surface area contributed by atoms with Crippen molar-refractivity contribution in [1.29, 1.82) is 0 Å². The van der Waals surface area contributed by atoms with Crippen molar-refractivity contribution in [3.63, 3.8) is 0 Å². The topological polar surface area (TPSA) is 115 Å². The SMILES string of the molecule is Cc1c(C(C)NC(=O)O)cn2ncnc(Oc3ccc(N)cc3F)c12. The zero-order valence-corrected chi connectivity index (χ0v) is 13.5. The molecule has 2 heterocycles. The van der Waals surface area contributed by atoms with Gasteiger partial charge in [-0.3, -0.25) is 0 Å². The summed E-state index contributed by atoms with van der Waals surface area (Å²) in [5.74, 6) is -0.472. The minimum atomic E-state index is -1.13. The summed E-state index contributed by atoms with van der Waals surface area (Å²) in [4.78, 5) is 14.9. The average Bonchev–Trinajstić information content (AvgIpc) is 2.88. The zero-order chi connectivity index (χ0) is 18.1. The van der Waals surface area contributed by atoms with Gasteiger partial charge in [0, 0.05) is 18.0 Å². The van der Waals surface area contributed by atoms with Crippen LogP contribution in [0.1, 0.15) is 24.1 Å². The Balaban J connectivity index is 2.04. The van der Waals surface area contributed by atoms with Crippen molar-refractivity contribution < 1.29 is 19.0 Å². The maximum Gasteiger partial charge on any atom is 0.405 e. The Labute approximate surface area is 142 Å². The molecule has 0 aliphatic rings. The van der Waals surface area contributed by atoms with Crippen LogP contribution in [-0.2, 0) is 0 Å². The van der Waals surface area contributed by atoms with E-state index < -0.39 is 18.0 Å². The Kier molecular flexibility index (Phi) is 4.14. The second kappa shape index (κ2) is 6.27. The van der Waals surface area contributed by atoms with Gasteiger partial charge in [-0.1, -0.05) is 0 Å². The molecule has 0 saturated carbocycles. The van der Waals surface area contributed by atoms with Gasteiger partial charge in [0.25, 0.3) is 0 Å². The Hall–Kier alpha value is -3.36. The summed E-state index contributed by atoms with van der Waals surface area (Å²) in [6, 6.07) is 3.63. The van der Waals surface area contributed by atoms with Gasteiger partial charge in [-0.15, -0.1) is 0 Å². The quantitative estimate of drug-likeness (QED) is 0.626. The van der Waals surface area contributed by atoms with E-state index in [1.165, 1.54) is 23.0 Å². The zero-order valence-electron chi connectivity index (χ0n) is 13.5. The van der Waals surface area contributed by atoms with Gasteiger partial charge in [0.15, 0.2) is 11.6 Å². The van der Waals surface area contributed by atoms with Gasteiger partial charge in [0.1, 0.15) is 11.8 Å². The number of benzene rings is 1. The van der Waals surface area contributed by atoms with Crippen molar-refractivity contribution in [2.24, 2.45) is 0 Å². The molecule has 0 radical (unpaired) electrons. The highest BCUT2D eigenvalue weighted by Crippen LogP contribution is 2.32. The third-order valence-corrected chi connectivity index (χ3v) is 3.80. The molecule has 1 unspecified atom stereocenters. The van der Waals surface area contributed by atoms with E-state index in [9.17, 15) is 9.18 Å². The van der Waals surface area contributed by atoms with Crippen LogP contribution in [0.5, 0.6) is 11.6 Å². The molecule has 0 fully saturated rings. The summed E-state index contributed by atoms with van der Waals surface area (Å²) in [7, 11) is 0. The van der Waals surface area contributed by atoms with E-state index >= 15 is 0 Å². The Bertz CT molecular complexity index is 956. The number of hydrogen-bond donors (Lipinski definition) is 3. The van der Waals surface area contributed by atoms with E-state index in [-0.39, 0.29) is 17.3 Å². The molecule has 0 aliphatic carbocycles. The first kappa shape index (κ1) is 16.5. The van der Waals surface area contributed by atoms with E-state index in [0.717, 1.165) is 11.6 Å². The molecule has 3 rings (SSSR count). The molecule has 3 aromatic rings. The monoisotopic (exact) mass is 345 g/mol. The van der Waals surface area contributed by atoms with E-state index in [2.05, 4.69) is 15.4 Å². The minimum Gasteiger partial charge on any atom is -0.465 e. The Morgan fingerprint density at radius 1 is 1.48 bits per heavy atom. The maximum absolute atomic E-state index is 14.0. The molecule has 1 aromatic carbocycles. The van der Waals surface area contributed by atoms with Gasteiger partial charge < -0.3 is 20.9 Å². The number of amides is 1. The first-order valence-electron chi connectivity index (χ1n) is 7.42. The third kappa shape index (κ3) is 3.16. The molecule has 8 nitrogen and oxygen atoms in total. The number of nitrogens with zero attached hydrogens (tertiary/aromatic N) is 3. The first-order chi connectivity index (χ1) is 11.9. The number of nitrogens with two attached hydrogens (primary N) is 1. The van der Waals surface area contributed by atoms with Crippen LogP contribution in [0.25, 0.3) is 5.52 Å². The molecule has 1 amide bonds. The fraction of sp³-hybridized carbons (Fsp3) is 0.188. The number of hydrogen-bond acceptors (Lipinski definition) is 5. The minimum absolute atomic E-state index is 0.0198. The highest BCUT2D eigenvalue weighted by atomic mass is 19.1. The van der Waals surface area contributed by atoms with Crippen LogP contribution in [0.2, 0.25) is 0 Å². The average molecular weight is 345 g/mol. The van der Waals surface area contributed by atoms with Crippen molar-refractivity contribution in [3.05, 3.63) is 47.7 Å². The fourth-order valence-corrected chi connectivity index (χ4v) is 2.62. The normalized spacial score (nSPS) is 12.1. The van der Waals surface area contributed by atoms with E-state index in [1.807, 2.05) is 0 Å². The molecule has 130 valence electrons. The van der Waals surface area contributed by atoms with Crippen LogP contribution < -0.4 is 15.8 Å². The number of nitrogens with one attached hydrogen (secondary N) is 1. The standard InChI is InChI=1S/C16H16FN5O3/c1-8-11(9(2)21-16(23)24)6-22-14(8)15(19-7-20-22)25-13-4-3-10(18)5-12(13)17/h3-7,9,21H,18H2,1-2H3,(H,23,24). The van der Waals surface area contributed by atoms with E-state index in [0.29, 0.717) is 11.1 Å². The van der Waals surface area contributed by atoms with Gasteiger partial charge in [0.05, 0.1) is 6.04 Å². The highest BCUT2D eigenvalue weighted by molar-refractivity contribution is 5.68. The van der Waals surface area contributed by atoms with E-state index in [4.69, 9.17) is 15.6 Å². The first-order valence-corrected chi connectivity index (χ1v) is 7.42. The summed E-state index contributed by atoms with van der Waals surface area (Å²) in [5.41, 5.74) is 7.78. The van der Waals surface area contributed by atoms with Gasteiger partial charge in [0.2, 0.25) is 5.88 Å². The summed E-state index contributed by atoms with van der Waals surface area (Å²) in [6.45, 7) is 3.50. The van der Waals surface area contributed by atoms with Crippen molar-refractivity contribution >= 4 is 17.3 Å². The third-order valence-electron chi connectivity index (χ3n) is 3.80. The van der Waals surface area contributed by atoms with Crippen molar-refractivity contribution in [1.82, 2.24) is 19.9 Å². The summed E-state index contributed by atoms with van der Waals surface area (Å²) in [5, 5.41) is 15.4. The van der Waals surface area contributed by atoms with Crippen LogP contribution in [0.4, 0.5) is 14.9 Å². The molecule has 9 heteroatoms. The summed E-state index contributed by atoms with van der Waals surface area (Å²) < 4.78 is 21.1. The lowest BCUT2D eigenvalue weighted by atomic mass is 10.1. The van der Waals surface area contributed by atoms with Crippen molar-refractivity contribution in [3.8, 4) is 11.6 Å². The van der Waals surface area contributed by atoms with Gasteiger partial charge in [-0.2, -0.15) is 10.1 Å².